The van der Waals surface area contributed by atoms with Crippen LogP contribution in [0.15, 0.2) is 0 Å². The first kappa shape index (κ1) is 9.36. The smallest absolute Gasteiger partial charge is 0.302 e. The van der Waals surface area contributed by atoms with Crippen LogP contribution in [0.5, 0.6) is 0 Å². The first-order valence-corrected chi connectivity index (χ1v) is 3.13. The average Bonchev–Trinajstić information content (AvgIpc) is 1.79. The maximum Gasteiger partial charge on any atom is 0.302 e. The minimum Gasteiger partial charge on any atom is -0.466 e. The Balaban J connectivity index is 2.98. The molecular weight excluding hydrogens is 137 g/mol. The van der Waals surface area contributed by atoms with Crippen LogP contribution in [-0.4, -0.2) is 31.3 Å². The van der Waals surface area contributed by atoms with E-state index in [-0.39, 0.29) is 5.97 Å². The Hall–Kier alpha value is -0.640. The molecule has 0 aliphatic heterocycles. The fourth-order valence-corrected chi connectivity index (χ4v) is 0.498. The predicted molar refractivity (Wildman–Crippen MR) is 35.0 cm³/mol. The number of carbonyl (C=O) groups excluding carboxylic acids is 1. The fourth-order valence-electron chi connectivity index (χ4n) is 0.498. The van der Waals surface area contributed by atoms with Gasteiger partial charge in [-0.15, -0.1) is 9.60 Å². The standard InChI is InChI=1S/C6H12FNO2/c1-6(9)10-5-3-4-8(2)7/h3-5H2,1-2H3. The molecule has 0 saturated heterocycles. The van der Waals surface area contributed by atoms with Crippen molar-refractivity contribution in [3.8, 4) is 0 Å². The number of halogens is 1. The van der Waals surface area contributed by atoms with Gasteiger partial charge in [-0.1, -0.05) is 0 Å². The van der Waals surface area contributed by atoms with Crippen LogP contribution >= 0.6 is 0 Å². The number of esters is 1. The molecule has 0 rings (SSSR count). The lowest BCUT2D eigenvalue weighted by molar-refractivity contribution is -0.141. The molecule has 0 atom stereocenters. The van der Waals surface area contributed by atoms with E-state index in [1.165, 1.54) is 14.0 Å². The third-order valence-corrected chi connectivity index (χ3v) is 0.916. The molecule has 0 unspecified atom stereocenters. The fraction of sp³-hybridized carbons (Fsp3) is 0.833. The van der Waals surface area contributed by atoms with Gasteiger partial charge in [0.1, 0.15) is 0 Å². The highest BCUT2D eigenvalue weighted by molar-refractivity contribution is 5.65. The van der Waals surface area contributed by atoms with Crippen molar-refractivity contribution in [1.29, 1.82) is 0 Å². The number of carbonyl (C=O) groups is 1. The van der Waals surface area contributed by atoms with E-state index < -0.39 is 0 Å². The first-order chi connectivity index (χ1) is 4.63. The van der Waals surface area contributed by atoms with Gasteiger partial charge in [-0.25, -0.2) is 0 Å². The van der Waals surface area contributed by atoms with Crippen LogP contribution in [0.2, 0.25) is 0 Å². The molecule has 3 nitrogen and oxygen atoms in total. The van der Waals surface area contributed by atoms with E-state index in [1.807, 2.05) is 0 Å². The lowest BCUT2D eigenvalue weighted by Gasteiger charge is -2.03. The van der Waals surface area contributed by atoms with E-state index in [0.717, 1.165) is 0 Å². The molecule has 0 aromatic heterocycles. The van der Waals surface area contributed by atoms with E-state index in [4.69, 9.17) is 0 Å². The monoisotopic (exact) mass is 149 g/mol. The maximum absolute atomic E-state index is 11.9. The van der Waals surface area contributed by atoms with Gasteiger partial charge in [-0.2, -0.15) is 0 Å². The number of rotatable bonds is 4. The van der Waals surface area contributed by atoms with Crippen molar-refractivity contribution in [1.82, 2.24) is 5.12 Å². The highest BCUT2D eigenvalue weighted by Gasteiger charge is 1.95. The van der Waals surface area contributed by atoms with E-state index in [2.05, 4.69) is 4.74 Å². The van der Waals surface area contributed by atoms with Crippen molar-refractivity contribution in [2.24, 2.45) is 0 Å². The van der Waals surface area contributed by atoms with Gasteiger partial charge in [0.05, 0.1) is 6.61 Å². The van der Waals surface area contributed by atoms with Gasteiger partial charge < -0.3 is 4.74 Å². The highest BCUT2D eigenvalue weighted by atomic mass is 19.2. The third-order valence-electron chi connectivity index (χ3n) is 0.916. The quantitative estimate of drug-likeness (QED) is 0.335. The van der Waals surface area contributed by atoms with Gasteiger partial charge in [0, 0.05) is 20.5 Å². The van der Waals surface area contributed by atoms with E-state index in [9.17, 15) is 9.28 Å². The lowest BCUT2D eigenvalue weighted by Crippen LogP contribution is -2.11. The second-order valence-corrected chi connectivity index (χ2v) is 2.02. The first-order valence-electron chi connectivity index (χ1n) is 3.13. The van der Waals surface area contributed by atoms with Crippen molar-refractivity contribution in [3.63, 3.8) is 0 Å². The molecule has 0 amide bonds. The molecule has 10 heavy (non-hydrogen) atoms. The normalized spacial score (nSPS) is 10.0. The van der Waals surface area contributed by atoms with Crippen molar-refractivity contribution >= 4 is 5.97 Å². The summed E-state index contributed by atoms with van der Waals surface area (Å²) in [6.07, 6.45) is 0.534. The zero-order chi connectivity index (χ0) is 7.98. The summed E-state index contributed by atoms with van der Waals surface area (Å²) in [5.74, 6) is -0.318. The number of hydrogen-bond donors (Lipinski definition) is 0. The van der Waals surface area contributed by atoms with Gasteiger partial charge >= 0.3 is 5.97 Å². The third kappa shape index (κ3) is 7.36. The number of nitrogens with zero attached hydrogens (tertiary/aromatic N) is 1. The van der Waals surface area contributed by atoms with Gasteiger partial charge in [-0.3, -0.25) is 4.79 Å². The predicted octanol–water partition coefficient (Wildman–Crippen LogP) is 0.756. The zero-order valence-corrected chi connectivity index (χ0v) is 6.26. The summed E-state index contributed by atoms with van der Waals surface area (Å²) in [5.41, 5.74) is 0. The molecular formula is C6H12FNO2. The Kier molecular flexibility index (Phi) is 4.84. The molecule has 0 bridgehead atoms. The summed E-state index contributed by atoms with van der Waals surface area (Å²) >= 11 is 0. The summed E-state index contributed by atoms with van der Waals surface area (Å²) in [6.45, 7) is 1.93. The molecule has 0 saturated carbocycles. The van der Waals surface area contributed by atoms with Crippen LogP contribution in [-0.2, 0) is 9.53 Å². The number of hydrogen-bond acceptors (Lipinski definition) is 3. The summed E-state index contributed by atoms with van der Waals surface area (Å²) in [7, 11) is 1.33. The molecule has 0 heterocycles. The van der Waals surface area contributed by atoms with Crippen molar-refractivity contribution in [3.05, 3.63) is 0 Å². The second-order valence-electron chi connectivity index (χ2n) is 2.02. The average molecular weight is 149 g/mol. The molecule has 4 heteroatoms. The summed E-state index contributed by atoms with van der Waals surface area (Å²) < 4.78 is 16.5. The van der Waals surface area contributed by atoms with Crippen LogP contribution < -0.4 is 0 Å². The Labute approximate surface area is 59.7 Å². The van der Waals surface area contributed by atoms with Crippen LogP contribution in [0.3, 0.4) is 0 Å². The van der Waals surface area contributed by atoms with Gasteiger partial charge in [0.25, 0.3) is 0 Å². The molecule has 0 aromatic carbocycles. The SMILES string of the molecule is CC(=O)OCCCN(C)F. The Bertz CT molecular complexity index is 106. The summed E-state index contributed by atoms with van der Waals surface area (Å²) in [5, 5.41) is 0.559. The summed E-state index contributed by atoms with van der Waals surface area (Å²) in [4.78, 5) is 10.2. The topological polar surface area (TPSA) is 29.5 Å². The van der Waals surface area contributed by atoms with Crippen LogP contribution in [0.1, 0.15) is 13.3 Å². The van der Waals surface area contributed by atoms with Gasteiger partial charge in [0.15, 0.2) is 0 Å². The zero-order valence-electron chi connectivity index (χ0n) is 6.26. The molecule has 0 aliphatic carbocycles. The second kappa shape index (κ2) is 5.17. The number of ether oxygens (including phenoxy) is 1. The molecule has 0 spiro atoms. The van der Waals surface area contributed by atoms with Crippen LogP contribution in [0.4, 0.5) is 4.48 Å². The van der Waals surface area contributed by atoms with Crippen molar-refractivity contribution in [2.45, 2.75) is 13.3 Å². The molecule has 0 aromatic rings. The van der Waals surface area contributed by atoms with Crippen molar-refractivity contribution < 1.29 is 14.0 Å². The maximum atomic E-state index is 11.9. The minimum atomic E-state index is -0.318. The van der Waals surface area contributed by atoms with Crippen LogP contribution in [0, 0.1) is 0 Å². The molecule has 0 fully saturated rings. The van der Waals surface area contributed by atoms with E-state index >= 15 is 0 Å². The highest BCUT2D eigenvalue weighted by Crippen LogP contribution is 1.88. The van der Waals surface area contributed by atoms with Gasteiger partial charge in [-0.05, 0) is 6.42 Å². The minimum absolute atomic E-state index is 0.295. The van der Waals surface area contributed by atoms with Gasteiger partial charge in [0.2, 0.25) is 0 Å². The Morgan fingerprint density at radius 1 is 1.70 bits per heavy atom. The molecule has 0 aliphatic rings. The molecule has 0 radical (unpaired) electrons. The van der Waals surface area contributed by atoms with E-state index in [0.29, 0.717) is 24.7 Å². The molecule has 60 valence electrons. The Morgan fingerprint density at radius 2 is 2.30 bits per heavy atom. The summed E-state index contributed by atoms with van der Waals surface area (Å²) in [6, 6.07) is 0. The van der Waals surface area contributed by atoms with Crippen LogP contribution in [0.25, 0.3) is 0 Å². The van der Waals surface area contributed by atoms with E-state index in [1.54, 1.807) is 0 Å². The Morgan fingerprint density at radius 3 is 2.70 bits per heavy atom. The van der Waals surface area contributed by atoms with Crippen molar-refractivity contribution in [2.75, 3.05) is 20.2 Å². The lowest BCUT2D eigenvalue weighted by atomic mass is 10.4. The largest absolute Gasteiger partial charge is 0.466 e. The molecule has 0 N–H and O–H groups in total.